The molecule has 0 spiro atoms. The maximum atomic E-state index is 12.4. The zero-order valence-electron chi connectivity index (χ0n) is 33.1. The summed E-state index contributed by atoms with van der Waals surface area (Å²) in [6, 6.07) is 9.09. The van der Waals surface area contributed by atoms with E-state index in [1.54, 1.807) is 19.2 Å². The molecule has 3 fully saturated rings. The van der Waals surface area contributed by atoms with Crippen molar-refractivity contribution in [1.29, 1.82) is 5.26 Å². The van der Waals surface area contributed by atoms with Crippen LogP contribution in [0.4, 0.5) is 11.4 Å². The molecule has 1 aromatic heterocycles. The number of benzene rings is 2. The van der Waals surface area contributed by atoms with Crippen molar-refractivity contribution in [3.05, 3.63) is 46.1 Å². The summed E-state index contributed by atoms with van der Waals surface area (Å²) >= 11 is 12.7. The number of carbonyl (C=O) groups is 1. The van der Waals surface area contributed by atoms with Crippen LogP contribution in [0.2, 0.25) is 10.0 Å². The summed E-state index contributed by atoms with van der Waals surface area (Å²) in [5, 5.41) is 37.4. The Kier molecular flexibility index (Phi) is 16.3. The second-order valence-electron chi connectivity index (χ2n) is 14.8. The van der Waals surface area contributed by atoms with E-state index >= 15 is 0 Å². The second-order valence-corrected chi connectivity index (χ2v) is 15.6. The maximum Gasteiger partial charge on any atom is 0.223 e. The molecule has 3 aromatic rings. The number of ether oxygens (including phenoxy) is 6. The number of anilines is 2. The van der Waals surface area contributed by atoms with Crippen LogP contribution in [0.5, 0.6) is 17.2 Å². The molecule has 2 saturated carbocycles. The molecular formula is C41H54Cl2N6O9. The molecule has 2 bridgehead atoms. The van der Waals surface area contributed by atoms with Gasteiger partial charge in [-0.25, -0.2) is 0 Å². The number of nitriles is 1. The summed E-state index contributed by atoms with van der Waals surface area (Å²) in [6.07, 6.45) is 2.23. The van der Waals surface area contributed by atoms with Gasteiger partial charge in [-0.1, -0.05) is 23.2 Å². The largest absolute Gasteiger partial charge is 0.495 e. The monoisotopic (exact) mass is 844 g/mol. The fourth-order valence-electron chi connectivity index (χ4n) is 8.03. The Balaban J connectivity index is 0.811. The normalized spacial score (nSPS) is 21.9. The van der Waals surface area contributed by atoms with Gasteiger partial charge in [-0.2, -0.15) is 5.26 Å². The highest BCUT2D eigenvalue weighted by molar-refractivity contribution is 6.37. The Bertz CT molecular complexity index is 1880. The van der Waals surface area contributed by atoms with Crippen LogP contribution in [0.3, 0.4) is 0 Å². The molecule has 1 amide bonds. The van der Waals surface area contributed by atoms with Crippen LogP contribution in [0.15, 0.2) is 30.5 Å². The molecule has 1 aliphatic heterocycles. The molecule has 2 aromatic carbocycles. The van der Waals surface area contributed by atoms with E-state index in [0.717, 1.165) is 52.1 Å². The van der Waals surface area contributed by atoms with Crippen LogP contribution >= 0.6 is 23.2 Å². The van der Waals surface area contributed by atoms with Gasteiger partial charge in [0.25, 0.3) is 0 Å². The van der Waals surface area contributed by atoms with Gasteiger partial charge in [0.05, 0.1) is 105 Å². The van der Waals surface area contributed by atoms with E-state index in [4.69, 9.17) is 51.6 Å². The number of pyridine rings is 1. The number of piperazine rings is 1. The van der Waals surface area contributed by atoms with E-state index in [-0.39, 0.29) is 23.7 Å². The lowest BCUT2D eigenvalue weighted by Crippen LogP contribution is -2.47. The number of methoxy groups -OCH3 is 2. The Labute approximate surface area is 349 Å². The highest BCUT2D eigenvalue weighted by atomic mass is 35.5. The zero-order valence-corrected chi connectivity index (χ0v) is 34.6. The minimum atomic E-state index is -0.792. The smallest absolute Gasteiger partial charge is 0.223 e. The van der Waals surface area contributed by atoms with E-state index < -0.39 is 12.2 Å². The first-order valence-electron chi connectivity index (χ1n) is 19.9. The van der Waals surface area contributed by atoms with Crippen LogP contribution in [0.25, 0.3) is 10.9 Å². The zero-order chi connectivity index (χ0) is 41.0. The molecule has 3 aliphatic rings. The average Bonchev–Trinajstić information content (AvgIpc) is 3.79. The molecular weight excluding hydrogens is 791 g/mol. The molecule has 2 aliphatic carbocycles. The van der Waals surface area contributed by atoms with E-state index in [0.29, 0.717) is 114 Å². The van der Waals surface area contributed by atoms with Crippen LogP contribution in [-0.2, 0) is 19.0 Å². The summed E-state index contributed by atoms with van der Waals surface area (Å²) in [6.45, 7) is 9.54. The van der Waals surface area contributed by atoms with Gasteiger partial charge in [-0.05, 0) is 43.2 Å². The van der Waals surface area contributed by atoms with Crippen LogP contribution < -0.4 is 24.8 Å². The number of rotatable bonds is 22. The third-order valence-corrected chi connectivity index (χ3v) is 11.8. The van der Waals surface area contributed by atoms with Gasteiger partial charge in [-0.3, -0.25) is 14.7 Å². The third-order valence-electron chi connectivity index (χ3n) is 11.2. The first-order valence-corrected chi connectivity index (χ1v) is 20.6. The van der Waals surface area contributed by atoms with Gasteiger partial charge in [0.1, 0.15) is 11.8 Å². The molecule has 17 heteroatoms. The SMILES string of the molecule is COc1cc(Nc2c(C#N)cnc3cc(OCCCN4CCN(CCOCCOCCOCCNC(=O)[C@H]5C[C@@H]6C[C@H]5[C@@H](O)[C@H]6O)CC4)c(OC)cc23)c(Cl)cc1Cl. The molecule has 316 valence electrons. The third kappa shape index (κ3) is 11.1. The van der Waals surface area contributed by atoms with Gasteiger partial charge < -0.3 is 54.2 Å². The fourth-order valence-corrected chi connectivity index (χ4v) is 8.54. The van der Waals surface area contributed by atoms with Crippen molar-refractivity contribution >= 4 is 51.4 Å². The van der Waals surface area contributed by atoms with Gasteiger partial charge in [0.15, 0.2) is 11.5 Å². The standard InChI is InChI=1S/C41H54Cl2N6O9/c1-53-35-23-34(31(42)21-32(35)43)47-38-27(24-44)25-46-33-22-37(36(54-2)20-30(33)38)58-11-3-5-48-6-8-49(9-7-48)10-13-56-15-17-57-16-14-55-12-4-45-41(52)29-19-26-18-28(29)40(51)39(26)50/h20-23,25-26,28-29,39-40,50-51H,3-19H2,1-2H3,(H,45,52)(H,46,47)/t26-,28+,29-,39-,40+/m0/s1. The average molecular weight is 846 g/mol. The van der Waals surface area contributed by atoms with Crippen LogP contribution in [0.1, 0.15) is 24.8 Å². The number of carbonyl (C=O) groups excluding carboxylic acids is 1. The number of nitrogens with zero attached hydrogens (tertiary/aromatic N) is 4. The molecule has 6 rings (SSSR count). The quantitative estimate of drug-likeness (QED) is 0.106. The molecule has 15 nitrogen and oxygen atoms in total. The number of amides is 1. The minimum Gasteiger partial charge on any atom is -0.495 e. The lowest BCUT2D eigenvalue weighted by molar-refractivity contribution is -0.130. The Morgan fingerprint density at radius 1 is 0.845 bits per heavy atom. The second kappa shape index (κ2) is 21.5. The number of aliphatic hydroxyl groups is 2. The summed E-state index contributed by atoms with van der Waals surface area (Å²) in [7, 11) is 3.10. The summed E-state index contributed by atoms with van der Waals surface area (Å²) in [4.78, 5) is 21.8. The molecule has 4 N–H and O–H groups in total. The van der Waals surface area contributed by atoms with Crippen molar-refractivity contribution in [3.63, 3.8) is 0 Å². The van der Waals surface area contributed by atoms with E-state index in [1.165, 1.54) is 13.3 Å². The highest BCUT2D eigenvalue weighted by Crippen LogP contribution is 2.48. The van der Waals surface area contributed by atoms with Crippen molar-refractivity contribution in [2.24, 2.45) is 17.8 Å². The van der Waals surface area contributed by atoms with Crippen molar-refractivity contribution < 1.29 is 43.4 Å². The number of halogens is 2. The summed E-state index contributed by atoms with van der Waals surface area (Å²) in [5.74, 6) is 1.14. The number of aliphatic hydroxyl groups excluding tert-OH is 2. The van der Waals surface area contributed by atoms with Crippen molar-refractivity contribution in [2.45, 2.75) is 31.5 Å². The number of nitrogens with one attached hydrogen (secondary N) is 2. The minimum absolute atomic E-state index is 0.0287. The lowest BCUT2D eigenvalue weighted by atomic mass is 9.84. The number of hydrogen-bond acceptors (Lipinski definition) is 14. The van der Waals surface area contributed by atoms with Crippen molar-refractivity contribution in [1.82, 2.24) is 20.1 Å². The molecule has 2 heterocycles. The van der Waals surface area contributed by atoms with Gasteiger partial charge >= 0.3 is 0 Å². The molecule has 0 radical (unpaired) electrons. The maximum absolute atomic E-state index is 12.4. The highest BCUT2D eigenvalue weighted by Gasteiger charge is 2.53. The number of fused-ring (bicyclic) bond motifs is 3. The number of hydrogen-bond donors (Lipinski definition) is 4. The van der Waals surface area contributed by atoms with Crippen molar-refractivity contribution in [3.8, 4) is 23.3 Å². The van der Waals surface area contributed by atoms with Gasteiger partial charge in [0, 0.05) is 75.4 Å². The van der Waals surface area contributed by atoms with Gasteiger partial charge in [-0.15, -0.1) is 0 Å². The Morgan fingerprint density at radius 2 is 1.53 bits per heavy atom. The van der Waals surface area contributed by atoms with E-state index in [1.807, 2.05) is 12.1 Å². The molecule has 58 heavy (non-hydrogen) atoms. The van der Waals surface area contributed by atoms with Crippen LogP contribution in [0, 0.1) is 29.1 Å². The van der Waals surface area contributed by atoms with Crippen LogP contribution in [-0.4, -0.2) is 149 Å². The molecule has 5 atom stereocenters. The first kappa shape index (κ1) is 43.9. The molecule has 0 unspecified atom stereocenters. The topological polar surface area (TPSA) is 180 Å². The van der Waals surface area contributed by atoms with E-state index in [2.05, 4.69) is 31.5 Å². The summed E-state index contributed by atoms with van der Waals surface area (Å²) < 4.78 is 34.2. The molecule has 1 saturated heterocycles. The summed E-state index contributed by atoms with van der Waals surface area (Å²) in [5.41, 5.74) is 2.01. The predicted octanol–water partition coefficient (Wildman–Crippen LogP) is 4.10. The number of aromatic nitrogens is 1. The fraction of sp³-hybridized carbons (Fsp3) is 0.585. The van der Waals surface area contributed by atoms with Gasteiger partial charge in [0.2, 0.25) is 5.91 Å². The Hall–Kier alpha value is -3.69. The Morgan fingerprint density at radius 3 is 2.21 bits per heavy atom. The van der Waals surface area contributed by atoms with E-state index in [9.17, 15) is 20.3 Å². The predicted molar refractivity (Wildman–Crippen MR) is 219 cm³/mol. The first-order chi connectivity index (χ1) is 28.2. The lowest BCUT2D eigenvalue weighted by Gasteiger charge is -2.34. The van der Waals surface area contributed by atoms with Crippen molar-refractivity contribution in [2.75, 3.05) is 112 Å².